The van der Waals surface area contributed by atoms with E-state index in [1.807, 2.05) is 0 Å². The van der Waals surface area contributed by atoms with Gasteiger partial charge in [-0.15, -0.1) is 0 Å². The number of alkyl halides is 2. The van der Waals surface area contributed by atoms with E-state index in [-0.39, 0.29) is 17.9 Å². The highest BCUT2D eigenvalue weighted by molar-refractivity contribution is 6.01. The zero-order chi connectivity index (χ0) is 16.1. The second-order valence-electron chi connectivity index (χ2n) is 4.97. The van der Waals surface area contributed by atoms with E-state index in [1.165, 1.54) is 12.1 Å². The molecular weight excluding hydrogens is 292 g/mol. The molecule has 2 rings (SSSR count). The number of fused-ring (bicyclic) bond motifs is 1. The molecule has 0 aliphatic heterocycles. The summed E-state index contributed by atoms with van der Waals surface area (Å²) < 4.78 is 29.5. The summed E-state index contributed by atoms with van der Waals surface area (Å²) in [6.45, 7) is -1.16. The summed E-state index contributed by atoms with van der Waals surface area (Å²) >= 11 is 0. The van der Waals surface area contributed by atoms with Crippen LogP contribution in [-0.2, 0) is 0 Å². The highest BCUT2D eigenvalue weighted by Crippen LogP contribution is 2.27. The van der Waals surface area contributed by atoms with Crippen molar-refractivity contribution < 1.29 is 23.4 Å². The molecule has 0 fully saturated rings. The molecule has 0 aromatic heterocycles. The number of aliphatic hydroxyl groups excluding tert-OH is 1. The Balaban J connectivity index is 2.30. The van der Waals surface area contributed by atoms with Crippen molar-refractivity contribution in [1.82, 2.24) is 5.32 Å². The van der Waals surface area contributed by atoms with E-state index < -0.39 is 18.6 Å². The maximum Gasteiger partial charge on any atom is 0.387 e. The van der Waals surface area contributed by atoms with Gasteiger partial charge in [-0.1, -0.05) is 24.3 Å². The van der Waals surface area contributed by atoms with E-state index in [4.69, 9.17) is 0 Å². The van der Waals surface area contributed by atoms with Crippen LogP contribution in [0.3, 0.4) is 0 Å². The second-order valence-corrected chi connectivity index (χ2v) is 4.97. The largest absolute Gasteiger partial charge is 0.434 e. The first kappa shape index (κ1) is 16.2. The lowest BCUT2D eigenvalue weighted by Crippen LogP contribution is -2.27. The minimum atomic E-state index is -3.01. The Hall–Kier alpha value is -2.21. The number of aliphatic hydroxyl groups is 1. The molecule has 0 bridgehead atoms. The molecular formula is C16H17F2NO3. The maximum atomic E-state index is 12.5. The van der Waals surface area contributed by atoms with Crippen molar-refractivity contribution in [2.45, 2.75) is 26.1 Å². The molecule has 2 aromatic carbocycles. The monoisotopic (exact) mass is 309 g/mol. The highest BCUT2D eigenvalue weighted by atomic mass is 19.3. The molecule has 1 atom stereocenters. The molecule has 0 heterocycles. The lowest BCUT2D eigenvalue weighted by atomic mass is 10.1. The summed E-state index contributed by atoms with van der Waals surface area (Å²) in [5, 5.41) is 13.2. The molecule has 2 N–H and O–H groups in total. The fourth-order valence-electron chi connectivity index (χ4n) is 2.08. The Labute approximate surface area is 126 Å². The number of benzene rings is 2. The topological polar surface area (TPSA) is 58.6 Å². The molecule has 0 radical (unpaired) electrons. The van der Waals surface area contributed by atoms with Gasteiger partial charge in [-0.2, -0.15) is 8.78 Å². The molecule has 1 amide bonds. The average Bonchev–Trinajstić information content (AvgIpc) is 2.45. The van der Waals surface area contributed by atoms with E-state index in [0.29, 0.717) is 11.8 Å². The Bertz CT molecular complexity index is 659. The van der Waals surface area contributed by atoms with Crippen LogP contribution in [0.5, 0.6) is 5.75 Å². The molecule has 0 aliphatic carbocycles. The molecule has 22 heavy (non-hydrogen) atoms. The highest BCUT2D eigenvalue weighted by Gasteiger charge is 2.17. The van der Waals surface area contributed by atoms with E-state index in [0.717, 1.165) is 5.39 Å². The molecule has 1 unspecified atom stereocenters. The quantitative estimate of drug-likeness (QED) is 0.862. The Morgan fingerprint density at radius 2 is 1.91 bits per heavy atom. The summed E-state index contributed by atoms with van der Waals surface area (Å²) in [7, 11) is 0. The average molecular weight is 309 g/mol. The van der Waals surface area contributed by atoms with E-state index >= 15 is 0 Å². The summed E-state index contributed by atoms with van der Waals surface area (Å²) in [4.78, 5) is 12.2. The first-order valence-electron chi connectivity index (χ1n) is 6.91. The number of carbonyl (C=O) groups excluding carboxylic acids is 1. The Morgan fingerprint density at radius 1 is 1.27 bits per heavy atom. The van der Waals surface area contributed by atoms with Gasteiger partial charge in [0.25, 0.3) is 5.91 Å². The van der Waals surface area contributed by atoms with Crippen molar-refractivity contribution in [2.24, 2.45) is 0 Å². The molecule has 0 spiro atoms. The van der Waals surface area contributed by atoms with Gasteiger partial charge in [-0.05, 0) is 36.2 Å². The fourth-order valence-corrected chi connectivity index (χ4v) is 2.08. The minimum Gasteiger partial charge on any atom is -0.434 e. The third kappa shape index (κ3) is 4.14. The molecule has 4 nitrogen and oxygen atoms in total. The van der Waals surface area contributed by atoms with Gasteiger partial charge in [0, 0.05) is 6.54 Å². The van der Waals surface area contributed by atoms with Gasteiger partial charge in [-0.3, -0.25) is 4.79 Å². The lowest BCUT2D eigenvalue weighted by molar-refractivity contribution is -0.0500. The van der Waals surface area contributed by atoms with Crippen molar-refractivity contribution in [1.29, 1.82) is 0 Å². The number of nitrogens with one attached hydrogen (secondary N) is 1. The molecule has 6 heteroatoms. The van der Waals surface area contributed by atoms with Crippen LogP contribution in [0.1, 0.15) is 23.7 Å². The lowest BCUT2D eigenvalue weighted by Gasteiger charge is -2.13. The summed E-state index contributed by atoms with van der Waals surface area (Å²) in [5.74, 6) is -0.676. The van der Waals surface area contributed by atoms with Gasteiger partial charge < -0.3 is 15.2 Å². The predicted molar refractivity (Wildman–Crippen MR) is 79.2 cm³/mol. The zero-order valence-corrected chi connectivity index (χ0v) is 12.1. The van der Waals surface area contributed by atoms with Crippen LogP contribution in [0.2, 0.25) is 0 Å². The number of hydrogen-bond acceptors (Lipinski definition) is 3. The molecule has 0 saturated carbocycles. The summed E-state index contributed by atoms with van der Waals surface area (Å²) in [5.41, 5.74) is 0.0459. The number of hydrogen-bond donors (Lipinski definition) is 2. The number of ether oxygens (including phenoxy) is 1. The van der Waals surface area contributed by atoms with Gasteiger partial charge in [0.2, 0.25) is 0 Å². The van der Waals surface area contributed by atoms with Crippen LogP contribution >= 0.6 is 0 Å². The smallest absolute Gasteiger partial charge is 0.387 e. The van der Waals surface area contributed by atoms with Crippen molar-refractivity contribution in [3.8, 4) is 5.75 Å². The minimum absolute atomic E-state index is 0.0459. The SMILES string of the molecule is CC(O)CCNC(=O)c1cc2ccccc2cc1OC(F)F. The van der Waals surface area contributed by atoms with E-state index in [1.54, 1.807) is 31.2 Å². The van der Waals surface area contributed by atoms with Gasteiger partial charge >= 0.3 is 6.61 Å². The summed E-state index contributed by atoms with van der Waals surface area (Å²) in [6.07, 6.45) is -0.168. The zero-order valence-electron chi connectivity index (χ0n) is 12.1. The van der Waals surface area contributed by atoms with Gasteiger partial charge in [0.1, 0.15) is 5.75 Å². The van der Waals surface area contributed by atoms with Gasteiger partial charge in [0.05, 0.1) is 11.7 Å². The van der Waals surface area contributed by atoms with Crippen molar-refractivity contribution >= 4 is 16.7 Å². The van der Waals surface area contributed by atoms with Gasteiger partial charge in [0.15, 0.2) is 0 Å². The molecule has 0 saturated heterocycles. The third-order valence-corrected chi connectivity index (χ3v) is 3.16. The predicted octanol–water partition coefficient (Wildman–Crippen LogP) is 2.94. The first-order chi connectivity index (χ1) is 10.5. The van der Waals surface area contributed by atoms with Crippen LogP contribution in [0, 0.1) is 0 Å². The molecule has 2 aromatic rings. The maximum absolute atomic E-state index is 12.5. The van der Waals surface area contributed by atoms with Crippen LogP contribution in [-0.4, -0.2) is 30.3 Å². The van der Waals surface area contributed by atoms with Crippen LogP contribution < -0.4 is 10.1 Å². The standard InChI is InChI=1S/C16H17F2NO3/c1-10(20)6-7-19-15(21)13-8-11-4-2-3-5-12(11)9-14(13)22-16(17)18/h2-5,8-10,16,20H,6-7H2,1H3,(H,19,21). The fraction of sp³-hybridized carbons (Fsp3) is 0.312. The number of rotatable bonds is 6. The Morgan fingerprint density at radius 3 is 2.50 bits per heavy atom. The Kier molecular flexibility index (Phi) is 5.27. The third-order valence-electron chi connectivity index (χ3n) is 3.16. The number of carbonyl (C=O) groups is 1. The van der Waals surface area contributed by atoms with Crippen molar-refractivity contribution in [2.75, 3.05) is 6.54 Å². The first-order valence-corrected chi connectivity index (χ1v) is 6.91. The van der Waals surface area contributed by atoms with Crippen molar-refractivity contribution in [3.05, 3.63) is 42.0 Å². The molecule has 0 aliphatic rings. The summed E-state index contributed by atoms with van der Waals surface area (Å²) in [6, 6.07) is 10.1. The van der Waals surface area contributed by atoms with E-state index in [2.05, 4.69) is 10.1 Å². The normalized spacial score (nSPS) is 12.4. The van der Waals surface area contributed by atoms with Crippen LogP contribution in [0.25, 0.3) is 10.8 Å². The van der Waals surface area contributed by atoms with Crippen molar-refractivity contribution in [3.63, 3.8) is 0 Å². The number of amides is 1. The number of halogens is 2. The van der Waals surface area contributed by atoms with Crippen LogP contribution in [0.15, 0.2) is 36.4 Å². The molecule has 118 valence electrons. The second kappa shape index (κ2) is 7.17. The van der Waals surface area contributed by atoms with Crippen LogP contribution in [0.4, 0.5) is 8.78 Å². The van der Waals surface area contributed by atoms with Gasteiger partial charge in [-0.25, -0.2) is 0 Å². The van der Waals surface area contributed by atoms with E-state index in [9.17, 15) is 18.7 Å².